The summed E-state index contributed by atoms with van der Waals surface area (Å²) in [6.07, 6.45) is 2.31. The second kappa shape index (κ2) is 6.84. The van der Waals surface area contributed by atoms with Crippen molar-refractivity contribution in [2.24, 2.45) is 0 Å². The zero-order chi connectivity index (χ0) is 17.9. The number of benzene rings is 2. The first-order valence-corrected chi connectivity index (χ1v) is 8.46. The van der Waals surface area contributed by atoms with E-state index in [0.717, 1.165) is 11.3 Å². The van der Waals surface area contributed by atoms with E-state index in [9.17, 15) is 9.59 Å². The van der Waals surface area contributed by atoms with Crippen LogP contribution in [0.25, 0.3) is 5.69 Å². The molecule has 0 saturated carbocycles. The Balaban J connectivity index is 1.46. The molecule has 1 fully saturated rings. The lowest BCUT2D eigenvalue weighted by Crippen LogP contribution is -2.32. The summed E-state index contributed by atoms with van der Waals surface area (Å²) in [4.78, 5) is 26.1. The van der Waals surface area contributed by atoms with Crippen LogP contribution in [-0.2, 0) is 17.8 Å². The van der Waals surface area contributed by atoms with Gasteiger partial charge in [0.1, 0.15) is 6.04 Å². The fraction of sp³-hybridized carbons (Fsp3) is 0.150. The number of hydrogen-bond donors (Lipinski definition) is 1. The minimum Gasteiger partial charge on any atom is -0.325 e. The Morgan fingerprint density at radius 3 is 2.35 bits per heavy atom. The highest BCUT2D eigenvalue weighted by atomic mass is 16.2. The molecule has 0 bridgehead atoms. The molecule has 1 saturated heterocycles. The van der Waals surface area contributed by atoms with Crippen LogP contribution in [0.4, 0.5) is 4.79 Å². The van der Waals surface area contributed by atoms with Crippen molar-refractivity contribution in [1.29, 1.82) is 0 Å². The molecule has 6 heteroatoms. The van der Waals surface area contributed by atoms with Gasteiger partial charge in [-0.3, -0.25) is 9.69 Å². The zero-order valence-corrected chi connectivity index (χ0v) is 14.1. The molecule has 3 aromatic rings. The van der Waals surface area contributed by atoms with Gasteiger partial charge in [0.2, 0.25) is 0 Å². The number of amides is 3. The molecule has 1 aromatic heterocycles. The van der Waals surface area contributed by atoms with E-state index in [1.165, 1.54) is 4.90 Å². The topological polar surface area (TPSA) is 67.2 Å². The summed E-state index contributed by atoms with van der Waals surface area (Å²) < 4.78 is 1.73. The van der Waals surface area contributed by atoms with E-state index >= 15 is 0 Å². The van der Waals surface area contributed by atoms with E-state index in [0.29, 0.717) is 12.1 Å². The van der Waals surface area contributed by atoms with Gasteiger partial charge >= 0.3 is 6.03 Å². The number of aromatic nitrogens is 2. The summed E-state index contributed by atoms with van der Waals surface area (Å²) in [6.45, 7) is 0.162. The first-order chi connectivity index (χ1) is 12.7. The Labute approximate surface area is 151 Å². The Kier molecular flexibility index (Phi) is 4.23. The number of nitrogens with zero attached hydrogens (tertiary/aromatic N) is 3. The Hall–Kier alpha value is -3.41. The number of nitrogens with one attached hydrogen (secondary N) is 1. The third-order valence-corrected chi connectivity index (χ3v) is 4.37. The molecule has 4 rings (SSSR count). The molecule has 0 aliphatic carbocycles. The largest absolute Gasteiger partial charge is 0.325 e. The van der Waals surface area contributed by atoms with Crippen LogP contribution in [0.3, 0.4) is 0 Å². The normalized spacial score (nSPS) is 16.8. The molecule has 1 aliphatic rings. The number of imide groups is 1. The minimum atomic E-state index is -0.527. The van der Waals surface area contributed by atoms with Crippen LogP contribution in [0.2, 0.25) is 0 Å². The molecule has 1 atom stereocenters. The summed E-state index contributed by atoms with van der Waals surface area (Å²) >= 11 is 0. The second-order valence-electron chi connectivity index (χ2n) is 6.20. The van der Waals surface area contributed by atoms with Crippen molar-refractivity contribution in [2.45, 2.75) is 19.0 Å². The Bertz CT molecular complexity index is 921. The molecule has 2 aromatic carbocycles. The molecular weight excluding hydrogens is 328 g/mol. The average molecular weight is 346 g/mol. The van der Waals surface area contributed by atoms with Gasteiger partial charge in [0.05, 0.1) is 17.9 Å². The van der Waals surface area contributed by atoms with Crippen molar-refractivity contribution in [3.8, 4) is 5.69 Å². The lowest BCUT2D eigenvalue weighted by molar-refractivity contribution is -0.127. The highest BCUT2D eigenvalue weighted by molar-refractivity contribution is 6.04. The number of rotatable bonds is 5. The van der Waals surface area contributed by atoms with Crippen molar-refractivity contribution in [1.82, 2.24) is 20.0 Å². The smallest absolute Gasteiger partial charge is 0.325 e. The predicted molar refractivity (Wildman–Crippen MR) is 96.6 cm³/mol. The van der Waals surface area contributed by atoms with Crippen molar-refractivity contribution < 1.29 is 9.59 Å². The lowest BCUT2D eigenvalue weighted by Gasteiger charge is -2.11. The SMILES string of the molecule is O=C1N[C@@H](Cc2ccccc2)C(=O)N1Cc1ccn(-c2ccccc2)n1. The van der Waals surface area contributed by atoms with E-state index in [-0.39, 0.29) is 18.5 Å². The number of carbonyl (C=O) groups excluding carboxylic acids is 2. The van der Waals surface area contributed by atoms with Gasteiger partial charge in [-0.15, -0.1) is 0 Å². The summed E-state index contributed by atoms with van der Waals surface area (Å²) in [5.74, 6) is -0.215. The van der Waals surface area contributed by atoms with Gasteiger partial charge in [0.15, 0.2) is 0 Å². The van der Waals surface area contributed by atoms with Crippen LogP contribution >= 0.6 is 0 Å². The first kappa shape index (κ1) is 16.1. The summed E-state index contributed by atoms with van der Waals surface area (Å²) in [7, 11) is 0. The second-order valence-corrected chi connectivity index (χ2v) is 6.20. The monoisotopic (exact) mass is 346 g/mol. The van der Waals surface area contributed by atoms with Crippen molar-refractivity contribution in [3.63, 3.8) is 0 Å². The molecule has 6 nitrogen and oxygen atoms in total. The lowest BCUT2D eigenvalue weighted by atomic mass is 10.1. The van der Waals surface area contributed by atoms with E-state index in [1.807, 2.05) is 72.9 Å². The number of hydrogen-bond acceptors (Lipinski definition) is 3. The molecule has 0 unspecified atom stereocenters. The quantitative estimate of drug-likeness (QED) is 0.722. The molecule has 1 N–H and O–H groups in total. The standard InChI is InChI=1S/C20H18N4O2/c25-19-18(13-15-7-3-1-4-8-15)21-20(26)23(19)14-16-11-12-24(22-16)17-9-5-2-6-10-17/h1-12,18H,13-14H2,(H,21,26)/t18-/m0/s1. The Morgan fingerprint density at radius 1 is 0.923 bits per heavy atom. The fourth-order valence-corrected chi connectivity index (χ4v) is 3.05. The number of urea groups is 1. The third kappa shape index (κ3) is 3.21. The predicted octanol–water partition coefficient (Wildman–Crippen LogP) is 2.54. The van der Waals surface area contributed by atoms with E-state index in [4.69, 9.17) is 0 Å². The van der Waals surface area contributed by atoms with Crippen molar-refractivity contribution in [3.05, 3.63) is 84.2 Å². The minimum absolute atomic E-state index is 0.162. The van der Waals surface area contributed by atoms with Gasteiger partial charge in [0.25, 0.3) is 5.91 Å². The number of carbonyl (C=O) groups is 2. The van der Waals surface area contributed by atoms with Gasteiger partial charge in [-0.2, -0.15) is 5.10 Å². The molecule has 0 spiro atoms. The third-order valence-electron chi connectivity index (χ3n) is 4.37. The molecule has 2 heterocycles. The zero-order valence-electron chi connectivity index (χ0n) is 14.1. The summed E-state index contributed by atoms with van der Waals surface area (Å²) in [6, 6.07) is 20.3. The van der Waals surface area contributed by atoms with Crippen LogP contribution in [0.1, 0.15) is 11.3 Å². The van der Waals surface area contributed by atoms with Gasteiger partial charge in [-0.1, -0.05) is 48.5 Å². The van der Waals surface area contributed by atoms with Crippen molar-refractivity contribution in [2.75, 3.05) is 0 Å². The van der Waals surface area contributed by atoms with Crippen molar-refractivity contribution >= 4 is 11.9 Å². The highest BCUT2D eigenvalue weighted by Gasteiger charge is 2.38. The van der Waals surface area contributed by atoms with Gasteiger partial charge in [0, 0.05) is 12.6 Å². The Morgan fingerprint density at radius 2 is 1.62 bits per heavy atom. The molecule has 3 amide bonds. The first-order valence-electron chi connectivity index (χ1n) is 8.46. The van der Waals surface area contributed by atoms with E-state index in [1.54, 1.807) is 4.68 Å². The van der Waals surface area contributed by atoms with Gasteiger partial charge in [-0.25, -0.2) is 9.48 Å². The molecular formula is C20H18N4O2. The van der Waals surface area contributed by atoms with Crippen LogP contribution in [0.5, 0.6) is 0 Å². The van der Waals surface area contributed by atoms with E-state index < -0.39 is 6.04 Å². The maximum absolute atomic E-state index is 12.6. The molecule has 26 heavy (non-hydrogen) atoms. The maximum atomic E-state index is 12.6. The maximum Gasteiger partial charge on any atom is 0.325 e. The number of para-hydroxylation sites is 1. The average Bonchev–Trinajstić information content (AvgIpc) is 3.24. The van der Waals surface area contributed by atoms with Crippen LogP contribution in [-0.4, -0.2) is 32.7 Å². The van der Waals surface area contributed by atoms with Gasteiger partial charge in [-0.05, 0) is 23.8 Å². The fourth-order valence-electron chi connectivity index (χ4n) is 3.05. The molecule has 130 valence electrons. The van der Waals surface area contributed by atoms with Crippen LogP contribution in [0, 0.1) is 0 Å². The summed E-state index contributed by atoms with van der Waals surface area (Å²) in [5.41, 5.74) is 2.61. The molecule has 0 radical (unpaired) electrons. The van der Waals surface area contributed by atoms with Gasteiger partial charge < -0.3 is 5.32 Å². The van der Waals surface area contributed by atoms with E-state index in [2.05, 4.69) is 10.4 Å². The summed E-state index contributed by atoms with van der Waals surface area (Å²) in [5, 5.41) is 7.23. The van der Waals surface area contributed by atoms with Crippen LogP contribution in [0.15, 0.2) is 72.9 Å². The highest BCUT2D eigenvalue weighted by Crippen LogP contribution is 2.15. The van der Waals surface area contributed by atoms with Crippen LogP contribution < -0.4 is 5.32 Å². The molecule has 1 aliphatic heterocycles.